The SMILES string of the molecule is Cc1noc(NC(=O)Nc2cccc(C(=O)c3c[nH]c4c3=C[C@](C)(Cl)CN=4)c2)c1C. The molecule has 0 fully saturated rings. The molecular weight excluding hydrogens is 406 g/mol. The average Bonchev–Trinajstić information content (AvgIpc) is 3.24. The Balaban J connectivity index is 1.56. The van der Waals surface area contributed by atoms with Crippen LogP contribution in [0, 0.1) is 13.8 Å². The van der Waals surface area contributed by atoms with Crippen molar-refractivity contribution < 1.29 is 14.1 Å². The number of urea groups is 1. The summed E-state index contributed by atoms with van der Waals surface area (Å²) in [5, 5.41) is 9.80. The average molecular weight is 426 g/mol. The lowest BCUT2D eigenvalue weighted by atomic mass is 10.0. The quantitative estimate of drug-likeness (QED) is 0.440. The maximum Gasteiger partial charge on any atom is 0.326 e. The fourth-order valence-electron chi connectivity index (χ4n) is 3.16. The molecule has 0 spiro atoms. The van der Waals surface area contributed by atoms with Crippen LogP contribution in [0.1, 0.15) is 34.1 Å². The third kappa shape index (κ3) is 3.86. The number of ketones is 1. The topological polar surface area (TPSA) is 112 Å². The van der Waals surface area contributed by atoms with Crippen LogP contribution in [-0.4, -0.2) is 33.4 Å². The summed E-state index contributed by atoms with van der Waals surface area (Å²) in [4.78, 5) is 32.2. The van der Waals surface area contributed by atoms with E-state index >= 15 is 0 Å². The first kappa shape index (κ1) is 19.9. The summed E-state index contributed by atoms with van der Waals surface area (Å²) in [7, 11) is 0. The molecule has 3 aromatic rings. The summed E-state index contributed by atoms with van der Waals surface area (Å²) in [5.41, 5.74) is 3.46. The maximum absolute atomic E-state index is 13.1. The van der Waals surface area contributed by atoms with Crippen molar-refractivity contribution in [3.8, 4) is 0 Å². The Morgan fingerprint density at radius 3 is 2.80 bits per heavy atom. The van der Waals surface area contributed by atoms with E-state index in [-0.39, 0.29) is 11.7 Å². The van der Waals surface area contributed by atoms with E-state index in [0.717, 1.165) is 5.56 Å². The Hall–Kier alpha value is -3.39. The van der Waals surface area contributed by atoms with Crippen LogP contribution in [0.25, 0.3) is 6.08 Å². The highest BCUT2D eigenvalue weighted by atomic mass is 35.5. The zero-order chi connectivity index (χ0) is 21.5. The zero-order valence-corrected chi connectivity index (χ0v) is 17.4. The second kappa shape index (κ2) is 7.46. The number of aromatic amines is 1. The monoisotopic (exact) mass is 425 g/mol. The summed E-state index contributed by atoms with van der Waals surface area (Å²) in [6, 6.07) is 6.20. The van der Waals surface area contributed by atoms with Crippen LogP contribution in [0.5, 0.6) is 0 Å². The van der Waals surface area contributed by atoms with Crippen LogP contribution in [-0.2, 0) is 0 Å². The van der Waals surface area contributed by atoms with Gasteiger partial charge in [-0.2, -0.15) is 0 Å². The Labute approximate surface area is 177 Å². The minimum atomic E-state index is -0.636. The number of fused-ring (bicyclic) bond motifs is 1. The van der Waals surface area contributed by atoms with Gasteiger partial charge in [0.1, 0.15) is 5.49 Å². The minimum absolute atomic E-state index is 0.195. The minimum Gasteiger partial charge on any atom is -0.346 e. The number of alkyl halides is 1. The standard InChI is InChI=1S/C21H20ClN5O3/c1-11-12(2)27-30-19(11)26-20(29)25-14-6-4-5-13(7-14)17(28)16-9-23-18-15(16)8-21(3,22)10-24-18/h4-9H,10H2,1-3H3,(H,23,24)(H2,25,26,29)/t21-/m0/s1. The number of benzene rings is 1. The third-order valence-corrected chi connectivity index (χ3v) is 5.13. The van der Waals surface area contributed by atoms with Gasteiger partial charge in [-0.1, -0.05) is 23.4 Å². The molecule has 154 valence electrons. The first-order chi connectivity index (χ1) is 14.2. The van der Waals surface area contributed by atoms with E-state index < -0.39 is 10.9 Å². The summed E-state index contributed by atoms with van der Waals surface area (Å²) >= 11 is 6.40. The number of hydrogen-bond acceptors (Lipinski definition) is 5. The predicted octanol–water partition coefficient (Wildman–Crippen LogP) is 2.91. The molecular formula is C21H20ClN5O3. The molecule has 9 heteroatoms. The summed E-state index contributed by atoms with van der Waals surface area (Å²) < 4.78 is 5.08. The molecule has 2 aromatic heterocycles. The fourth-order valence-corrected chi connectivity index (χ4v) is 3.33. The van der Waals surface area contributed by atoms with Crippen LogP contribution >= 0.6 is 11.6 Å². The van der Waals surface area contributed by atoms with Crippen LogP contribution in [0.2, 0.25) is 0 Å². The Morgan fingerprint density at radius 2 is 2.07 bits per heavy atom. The Bertz CT molecular complexity index is 1270. The number of aryl methyl sites for hydroxylation is 1. The van der Waals surface area contributed by atoms with Crippen LogP contribution in [0.3, 0.4) is 0 Å². The van der Waals surface area contributed by atoms with Crippen molar-refractivity contribution in [3.05, 3.63) is 63.6 Å². The van der Waals surface area contributed by atoms with Crippen molar-refractivity contribution in [3.63, 3.8) is 0 Å². The first-order valence-electron chi connectivity index (χ1n) is 9.33. The number of carbonyl (C=O) groups excluding carboxylic acids is 2. The molecule has 1 aromatic carbocycles. The van der Waals surface area contributed by atoms with Crippen molar-refractivity contribution in [1.29, 1.82) is 0 Å². The van der Waals surface area contributed by atoms with E-state index in [1.165, 1.54) is 0 Å². The highest BCUT2D eigenvalue weighted by Gasteiger charge is 2.23. The van der Waals surface area contributed by atoms with E-state index in [2.05, 4.69) is 25.8 Å². The molecule has 3 N–H and O–H groups in total. The molecule has 0 unspecified atom stereocenters. The van der Waals surface area contributed by atoms with Crippen molar-refractivity contribution in [1.82, 2.24) is 10.1 Å². The lowest BCUT2D eigenvalue weighted by Gasteiger charge is -2.16. The van der Waals surface area contributed by atoms with Gasteiger partial charge in [0.25, 0.3) is 0 Å². The number of nitrogens with one attached hydrogen (secondary N) is 3. The number of amides is 2. The molecule has 0 radical (unpaired) electrons. The molecule has 0 saturated heterocycles. The number of halogens is 1. The van der Waals surface area contributed by atoms with E-state index in [4.69, 9.17) is 16.1 Å². The second-order valence-electron chi connectivity index (χ2n) is 7.41. The molecule has 8 nitrogen and oxygen atoms in total. The van der Waals surface area contributed by atoms with Gasteiger partial charge in [0.2, 0.25) is 5.88 Å². The molecule has 0 saturated carbocycles. The smallest absolute Gasteiger partial charge is 0.326 e. The van der Waals surface area contributed by atoms with Gasteiger partial charge in [0.15, 0.2) is 5.78 Å². The summed E-state index contributed by atoms with van der Waals surface area (Å²) in [6.45, 7) is 5.87. The molecule has 2 amide bonds. The van der Waals surface area contributed by atoms with Crippen LogP contribution in [0.15, 0.2) is 40.0 Å². The highest BCUT2D eigenvalue weighted by Crippen LogP contribution is 2.20. The van der Waals surface area contributed by atoms with Gasteiger partial charge in [0, 0.05) is 33.8 Å². The van der Waals surface area contributed by atoms with Gasteiger partial charge >= 0.3 is 6.03 Å². The Kier molecular flexibility index (Phi) is 4.95. The predicted molar refractivity (Wildman–Crippen MR) is 114 cm³/mol. The van der Waals surface area contributed by atoms with Crippen molar-refractivity contribution in [2.24, 2.45) is 4.99 Å². The lowest BCUT2D eigenvalue weighted by Crippen LogP contribution is -2.38. The number of aromatic nitrogens is 2. The summed E-state index contributed by atoms with van der Waals surface area (Å²) in [6.07, 6.45) is 3.48. The third-order valence-electron chi connectivity index (χ3n) is 4.90. The van der Waals surface area contributed by atoms with E-state index in [0.29, 0.717) is 39.8 Å². The van der Waals surface area contributed by atoms with Gasteiger partial charge in [0.05, 0.1) is 17.1 Å². The van der Waals surface area contributed by atoms with Crippen molar-refractivity contribution in [2.75, 3.05) is 17.2 Å². The van der Waals surface area contributed by atoms with Gasteiger partial charge in [-0.15, -0.1) is 11.6 Å². The van der Waals surface area contributed by atoms with E-state index in [1.54, 1.807) is 44.3 Å². The number of rotatable bonds is 4. The van der Waals surface area contributed by atoms with Gasteiger partial charge in [-0.25, -0.2) is 4.79 Å². The van der Waals surface area contributed by atoms with Crippen LogP contribution < -0.4 is 21.3 Å². The lowest BCUT2D eigenvalue weighted by molar-refractivity contribution is 0.103. The van der Waals surface area contributed by atoms with Crippen LogP contribution in [0.4, 0.5) is 16.4 Å². The molecule has 3 heterocycles. The number of carbonyl (C=O) groups is 2. The Morgan fingerprint density at radius 1 is 1.27 bits per heavy atom. The number of hydrogen-bond donors (Lipinski definition) is 3. The number of H-pyrrole nitrogens is 1. The maximum atomic E-state index is 13.1. The summed E-state index contributed by atoms with van der Waals surface area (Å²) in [5.74, 6) is 0.0821. The number of anilines is 2. The molecule has 1 aliphatic heterocycles. The first-order valence-corrected chi connectivity index (χ1v) is 9.70. The van der Waals surface area contributed by atoms with Crippen molar-refractivity contribution in [2.45, 2.75) is 25.6 Å². The van der Waals surface area contributed by atoms with Gasteiger partial charge < -0.3 is 14.8 Å². The van der Waals surface area contributed by atoms with Gasteiger partial charge in [-0.3, -0.25) is 15.1 Å². The van der Waals surface area contributed by atoms with Crippen molar-refractivity contribution >= 4 is 41.1 Å². The largest absolute Gasteiger partial charge is 0.346 e. The molecule has 30 heavy (non-hydrogen) atoms. The fraction of sp³-hybridized carbons (Fsp3) is 0.238. The molecule has 4 rings (SSSR count). The zero-order valence-electron chi connectivity index (χ0n) is 16.7. The number of nitrogens with zero attached hydrogens (tertiary/aromatic N) is 2. The van der Waals surface area contributed by atoms with E-state index in [9.17, 15) is 9.59 Å². The second-order valence-corrected chi connectivity index (χ2v) is 8.28. The molecule has 1 aliphatic rings. The van der Waals surface area contributed by atoms with E-state index in [1.807, 2.05) is 13.0 Å². The molecule has 1 atom stereocenters. The molecule has 0 bridgehead atoms. The highest BCUT2D eigenvalue weighted by molar-refractivity contribution is 6.27. The molecule has 0 aliphatic carbocycles. The normalized spacial score (nSPS) is 17.5. The van der Waals surface area contributed by atoms with Gasteiger partial charge in [-0.05, 0) is 32.9 Å².